The Morgan fingerprint density at radius 3 is 2.48 bits per heavy atom. The smallest absolute Gasteiger partial charge is 0.207 e. The Kier molecular flexibility index (Phi) is 5.24. The number of benzene rings is 1. The highest BCUT2D eigenvalue weighted by Crippen LogP contribution is 2.39. The third kappa shape index (κ3) is 3.24. The Morgan fingerprint density at radius 1 is 1.29 bits per heavy atom. The minimum atomic E-state index is -3.46. The molecule has 6 heteroatoms. The van der Waals surface area contributed by atoms with Gasteiger partial charge in [0.2, 0.25) is 10.0 Å². The largest absolute Gasteiger partial charge is 0.243 e. The topological polar surface area (TPSA) is 37.4 Å². The predicted molar refractivity (Wildman–Crippen MR) is 87.4 cm³/mol. The van der Waals surface area contributed by atoms with E-state index in [0.29, 0.717) is 23.7 Å². The average Bonchev–Trinajstić information content (AvgIpc) is 2.93. The normalized spacial score (nSPS) is 19.0. The Balaban J connectivity index is 2.31. The molecule has 0 spiro atoms. The summed E-state index contributed by atoms with van der Waals surface area (Å²) in [5.41, 5.74) is 0.769. The molecule has 118 valence electrons. The van der Waals surface area contributed by atoms with Crippen molar-refractivity contribution in [2.24, 2.45) is 5.41 Å². The van der Waals surface area contributed by atoms with Crippen LogP contribution in [0.15, 0.2) is 23.1 Å². The van der Waals surface area contributed by atoms with E-state index < -0.39 is 10.0 Å². The van der Waals surface area contributed by atoms with Gasteiger partial charge < -0.3 is 0 Å². The molecular weight excluding hydrogens is 329 g/mol. The van der Waals surface area contributed by atoms with Crippen molar-refractivity contribution in [3.05, 3.63) is 28.8 Å². The molecule has 0 unspecified atom stereocenters. The first-order chi connectivity index (χ1) is 9.88. The number of alkyl halides is 1. The molecule has 1 aromatic rings. The van der Waals surface area contributed by atoms with Gasteiger partial charge in [-0.05, 0) is 48.4 Å². The molecular formula is C15H21Cl2NO2S. The summed E-state index contributed by atoms with van der Waals surface area (Å²) in [6, 6.07) is 4.75. The molecule has 1 aliphatic heterocycles. The highest BCUT2D eigenvalue weighted by atomic mass is 35.5. The van der Waals surface area contributed by atoms with E-state index in [1.807, 2.05) is 0 Å². The van der Waals surface area contributed by atoms with Gasteiger partial charge in [0, 0.05) is 24.0 Å². The summed E-state index contributed by atoms with van der Waals surface area (Å²) in [6.07, 6.45) is 2.93. The fourth-order valence-electron chi connectivity index (χ4n) is 2.89. The maximum absolute atomic E-state index is 12.8. The molecule has 0 amide bonds. The Hall–Kier alpha value is -0.290. The molecule has 1 aliphatic rings. The number of hydrogen-bond acceptors (Lipinski definition) is 2. The number of nitrogens with zero attached hydrogens (tertiary/aromatic N) is 1. The third-order valence-electron chi connectivity index (χ3n) is 4.70. The Morgan fingerprint density at radius 2 is 1.95 bits per heavy atom. The molecule has 0 aliphatic carbocycles. The van der Waals surface area contributed by atoms with Crippen LogP contribution < -0.4 is 0 Å². The first-order valence-electron chi connectivity index (χ1n) is 7.23. The van der Waals surface area contributed by atoms with Crippen molar-refractivity contribution < 1.29 is 8.42 Å². The van der Waals surface area contributed by atoms with Crippen LogP contribution in [0.25, 0.3) is 0 Å². The van der Waals surface area contributed by atoms with Gasteiger partial charge in [0.15, 0.2) is 0 Å². The van der Waals surface area contributed by atoms with Crippen LogP contribution in [0, 0.1) is 5.41 Å². The molecule has 1 aromatic carbocycles. The molecule has 0 radical (unpaired) electrons. The first-order valence-corrected chi connectivity index (χ1v) is 9.58. The molecule has 2 rings (SSSR count). The maximum atomic E-state index is 12.8. The van der Waals surface area contributed by atoms with Crippen molar-refractivity contribution in [2.75, 3.05) is 13.1 Å². The summed E-state index contributed by atoms with van der Waals surface area (Å²) in [6.45, 7) is 5.45. The number of halogens is 2. The van der Waals surface area contributed by atoms with E-state index in [1.165, 1.54) is 0 Å². The van der Waals surface area contributed by atoms with Crippen LogP contribution in [0.5, 0.6) is 0 Å². The fraction of sp³-hybridized carbons (Fsp3) is 0.600. The van der Waals surface area contributed by atoms with E-state index in [9.17, 15) is 8.42 Å². The van der Waals surface area contributed by atoms with Crippen molar-refractivity contribution in [3.8, 4) is 0 Å². The molecule has 1 heterocycles. The lowest BCUT2D eigenvalue weighted by atomic mass is 9.82. The Bertz CT molecular complexity index is 612. The average molecular weight is 350 g/mol. The molecule has 1 fully saturated rings. The summed E-state index contributed by atoms with van der Waals surface area (Å²) in [7, 11) is -3.46. The van der Waals surface area contributed by atoms with Gasteiger partial charge in [-0.15, -0.1) is 11.6 Å². The number of hydrogen-bond donors (Lipinski definition) is 0. The van der Waals surface area contributed by atoms with Gasteiger partial charge in [-0.2, -0.15) is 4.31 Å². The second-order valence-corrected chi connectivity index (χ2v) is 8.29. The molecule has 0 N–H and O–H groups in total. The standard InChI is InChI=1S/C15H21Cl2NO2S/c1-3-15(4-2)7-8-18(11-15)21(19,20)13-5-6-14(17)12(9-13)10-16/h5-6,9H,3-4,7-8,10-11H2,1-2H3. The number of rotatable bonds is 5. The minimum absolute atomic E-state index is 0.120. The summed E-state index contributed by atoms with van der Waals surface area (Å²) >= 11 is 11.8. The molecule has 0 saturated carbocycles. The molecule has 3 nitrogen and oxygen atoms in total. The monoisotopic (exact) mass is 349 g/mol. The predicted octanol–water partition coefficient (Wildman–Crippen LogP) is 4.28. The van der Waals surface area contributed by atoms with Crippen LogP contribution in [0.4, 0.5) is 0 Å². The maximum Gasteiger partial charge on any atom is 0.243 e. The van der Waals surface area contributed by atoms with Crippen LogP contribution >= 0.6 is 23.2 Å². The lowest BCUT2D eigenvalue weighted by molar-refractivity contribution is 0.279. The van der Waals surface area contributed by atoms with E-state index in [4.69, 9.17) is 23.2 Å². The van der Waals surface area contributed by atoms with Crippen molar-refractivity contribution in [1.29, 1.82) is 0 Å². The van der Waals surface area contributed by atoms with Crippen LogP contribution in [0.3, 0.4) is 0 Å². The highest BCUT2D eigenvalue weighted by molar-refractivity contribution is 7.89. The zero-order valence-electron chi connectivity index (χ0n) is 12.4. The van der Waals surface area contributed by atoms with E-state index in [1.54, 1.807) is 22.5 Å². The van der Waals surface area contributed by atoms with Gasteiger partial charge in [0.05, 0.1) is 4.90 Å². The molecule has 0 atom stereocenters. The van der Waals surface area contributed by atoms with Gasteiger partial charge in [-0.3, -0.25) is 0 Å². The summed E-state index contributed by atoms with van der Waals surface area (Å²) in [5.74, 6) is 0.204. The molecule has 1 saturated heterocycles. The van der Waals surface area contributed by atoms with Crippen LogP contribution in [-0.4, -0.2) is 25.8 Å². The quantitative estimate of drug-likeness (QED) is 0.744. The van der Waals surface area contributed by atoms with Gasteiger partial charge in [0.25, 0.3) is 0 Å². The Labute approximate surface area is 137 Å². The van der Waals surface area contributed by atoms with Crippen LogP contribution in [0.1, 0.15) is 38.7 Å². The van der Waals surface area contributed by atoms with Crippen LogP contribution in [0.2, 0.25) is 5.02 Å². The molecule has 0 aromatic heterocycles. The zero-order chi connectivity index (χ0) is 15.7. The molecule has 0 bridgehead atoms. The summed E-state index contributed by atoms with van der Waals surface area (Å²) < 4.78 is 27.1. The summed E-state index contributed by atoms with van der Waals surface area (Å²) in [4.78, 5) is 0.283. The van der Waals surface area contributed by atoms with Gasteiger partial charge in [-0.1, -0.05) is 25.4 Å². The van der Waals surface area contributed by atoms with E-state index in [-0.39, 0.29) is 16.2 Å². The van der Waals surface area contributed by atoms with Crippen molar-refractivity contribution in [3.63, 3.8) is 0 Å². The highest BCUT2D eigenvalue weighted by Gasteiger charge is 2.40. The van der Waals surface area contributed by atoms with Crippen molar-refractivity contribution >= 4 is 33.2 Å². The van der Waals surface area contributed by atoms with Crippen molar-refractivity contribution in [1.82, 2.24) is 4.31 Å². The lowest BCUT2D eigenvalue weighted by Crippen LogP contribution is -2.32. The van der Waals surface area contributed by atoms with E-state index in [0.717, 1.165) is 19.3 Å². The minimum Gasteiger partial charge on any atom is -0.207 e. The first kappa shape index (κ1) is 17.1. The summed E-state index contributed by atoms with van der Waals surface area (Å²) in [5, 5.41) is 0.502. The second-order valence-electron chi connectivity index (χ2n) is 5.68. The van der Waals surface area contributed by atoms with E-state index >= 15 is 0 Å². The SMILES string of the molecule is CCC1(CC)CCN(S(=O)(=O)c2ccc(Cl)c(CCl)c2)C1. The molecule has 21 heavy (non-hydrogen) atoms. The van der Waals surface area contributed by atoms with Gasteiger partial charge in [-0.25, -0.2) is 8.42 Å². The second kappa shape index (κ2) is 6.45. The number of sulfonamides is 1. The van der Waals surface area contributed by atoms with Gasteiger partial charge >= 0.3 is 0 Å². The third-order valence-corrected chi connectivity index (χ3v) is 7.20. The van der Waals surface area contributed by atoms with Gasteiger partial charge in [0.1, 0.15) is 0 Å². The zero-order valence-corrected chi connectivity index (χ0v) is 14.7. The van der Waals surface area contributed by atoms with Crippen molar-refractivity contribution in [2.45, 2.75) is 43.9 Å². The fourth-order valence-corrected chi connectivity index (χ4v) is 4.97. The van der Waals surface area contributed by atoms with E-state index in [2.05, 4.69) is 13.8 Å². The lowest BCUT2D eigenvalue weighted by Gasteiger charge is -2.26. The van der Waals surface area contributed by atoms with Crippen LogP contribution in [-0.2, 0) is 15.9 Å².